The van der Waals surface area contributed by atoms with Crippen LogP contribution in [0.2, 0.25) is 0 Å². The zero-order chi connectivity index (χ0) is 17.8. The quantitative estimate of drug-likeness (QED) is 0.551. The largest absolute Gasteiger partial charge is 0.506 e. The van der Waals surface area contributed by atoms with Crippen LogP contribution < -0.4 is 4.74 Å². The van der Waals surface area contributed by atoms with Crippen LogP contribution in [0.3, 0.4) is 0 Å². The molecule has 1 N–H and O–H groups in total. The maximum atomic E-state index is 11.0. The second-order valence-corrected chi connectivity index (χ2v) is 5.33. The molecule has 25 heavy (non-hydrogen) atoms. The van der Waals surface area contributed by atoms with Gasteiger partial charge in [0.05, 0.1) is 17.2 Å². The standard InChI is InChI=1S/C19H16N2O4/c1-2-25-18-11-10-16(21(23)24)12-14(18)7-9-15-8-6-13-4-3-5-17(22)19(13)20-15/h3-12,22H,2H2,1H3/b9-7+. The van der Waals surface area contributed by atoms with Crippen molar-refractivity contribution in [3.8, 4) is 11.5 Å². The number of fused-ring (bicyclic) bond motifs is 1. The molecule has 0 radical (unpaired) electrons. The topological polar surface area (TPSA) is 85.5 Å². The molecule has 0 unspecified atom stereocenters. The summed E-state index contributed by atoms with van der Waals surface area (Å²) in [5.41, 5.74) is 1.72. The number of nitro benzene ring substituents is 1. The number of nitro groups is 1. The first-order chi connectivity index (χ1) is 12.1. The van der Waals surface area contributed by atoms with E-state index in [1.54, 1.807) is 30.4 Å². The average molecular weight is 336 g/mol. The van der Waals surface area contributed by atoms with Gasteiger partial charge in [0.1, 0.15) is 17.0 Å². The van der Waals surface area contributed by atoms with E-state index in [1.807, 2.05) is 25.1 Å². The van der Waals surface area contributed by atoms with Gasteiger partial charge in [0.25, 0.3) is 5.69 Å². The Morgan fingerprint density at radius 3 is 2.80 bits per heavy atom. The number of para-hydroxylation sites is 1. The van der Waals surface area contributed by atoms with Gasteiger partial charge in [-0.3, -0.25) is 10.1 Å². The summed E-state index contributed by atoms with van der Waals surface area (Å²) in [4.78, 5) is 14.9. The van der Waals surface area contributed by atoms with E-state index in [2.05, 4.69) is 4.98 Å². The van der Waals surface area contributed by atoms with Crippen LogP contribution in [0, 0.1) is 10.1 Å². The molecule has 6 heteroatoms. The fraction of sp³-hybridized carbons (Fsp3) is 0.105. The Morgan fingerprint density at radius 1 is 1.20 bits per heavy atom. The molecule has 3 rings (SSSR count). The van der Waals surface area contributed by atoms with Crippen molar-refractivity contribution in [1.82, 2.24) is 4.98 Å². The normalized spacial score (nSPS) is 11.1. The molecule has 2 aromatic carbocycles. The van der Waals surface area contributed by atoms with Crippen LogP contribution in [-0.2, 0) is 0 Å². The summed E-state index contributed by atoms with van der Waals surface area (Å²) in [6, 6.07) is 13.3. The summed E-state index contributed by atoms with van der Waals surface area (Å²) in [6.45, 7) is 2.31. The van der Waals surface area contributed by atoms with E-state index in [0.29, 0.717) is 29.1 Å². The summed E-state index contributed by atoms with van der Waals surface area (Å²) in [6.07, 6.45) is 3.44. The summed E-state index contributed by atoms with van der Waals surface area (Å²) < 4.78 is 5.52. The average Bonchev–Trinajstić information content (AvgIpc) is 2.61. The third-order valence-electron chi connectivity index (χ3n) is 3.66. The van der Waals surface area contributed by atoms with Crippen molar-refractivity contribution in [3.63, 3.8) is 0 Å². The lowest BCUT2D eigenvalue weighted by atomic mass is 10.1. The van der Waals surface area contributed by atoms with E-state index in [4.69, 9.17) is 4.74 Å². The zero-order valence-electron chi connectivity index (χ0n) is 13.5. The van der Waals surface area contributed by atoms with Gasteiger partial charge in [0.2, 0.25) is 0 Å². The number of phenols is 1. The minimum atomic E-state index is -0.445. The SMILES string of the molecule is CCOc1ccc([N+](=O)[O-])cc1/C=C/c1ccc2cccc(O)c2n1. The first-order valence-electron chi connectivity index (χ1n) is 7.76. The number of phenolic OH excluding ortho intramolecular Hbond substituents is 1. The number of aromatic hydroxyl groups is 1. The molecule has 126 valence electrons. The maximum absolute atomic E-state index is 11.0. The zero-order valence-corrected chi connectivity index (χ0v) is 13.5. The molecule has 0 spiro atoms. The number of hydrogen-bond acceptors (Lipinski definition) is 5. The van der Waals surface area contributed by atoms with Crippen LogP contribution in [0.15, 0.2) is 48.5 Å². The van der Waals surface area contributed by atoms with Crippen molar-refractivity contribution in [2.45, 2.75) is 6.92 Å². The number of benzene rings is 2. The molecule has 0 saturated heterocycles. The number of rotatable bonds is 5. The number of aromatic nitrogens is 1. The highest BCUT2D eigenvalue weighted by Crippen LogP contribution is 2.27. The molecular formula is C19H16N2O4. The smallest absolute Gasteiger partial charge is 0.270 e. The summed E-state index contributed by atoms with van der Waals surface area (Å²) in [7, 11) is 0. The van der Waals surface area contributed by atoms with Crippen LogP contribution in [0.1, 0.15) is 18.2 Å². The molecule has 6 nitrogen and oxygen atoms in total. The van der Waals surface area contributed by atoms with E-state index in [0.717, 1.165) is 5.39 Å². The van der Waals surface area contributed by atoms with Crippen LogP contribution in [-0.4, -0.2) is 21.6 Å². The van der Waals surface area contributed by atoms with Crippen molar-refractivity contribution >= 4 is 28.7 Å². The second kappa shape index (κ2) is 7.00. The molecular weight excluding hydrogens is 320 g/mol. The predicted octanol–water partition coefficient (Wildman–Crippen LogP) is 4.42. The van der Waals surface area contributed by atoms with Crippen LogP contribution in [0.25, 0.3) is 23.1 Å². The van der Waals surface area contributed by atoms with Gasteiger partial charge in [-0.2, -0.15) is 0 Å². The lowest BCUT2D eigenvalue weighted by Crippen LogP contribution is -1.95. The van der Waals surface area contributed by atoms with Gasteiger partial charge in [-0.1, -0.05) is 18.2 Å². The van der Waals surface area contributed by atoms with E-state index in [-0.39, 0.29) is 11.4 Å². The number of pyridine rings is 1. The Kier molecular flexibility index (Phi) is 4.61. The lowest BCUT2D eigenvalue weighted by Gasteiger charge is -2.07. The van der Waals surface area contributed by atoms with E-state index < -0.39 is 4.92 Å². The van der Waals surface area contributed by atoms with Gasteiger partial charge < -0.3 is 9.84 Å². The summed E-state index contributed by atoms with van der Waals surface area (Å²) >= 11 is 0. The van der Waals surface area contributed by atoms with Crippen LogP contribution in [0.5, 0.6) is 11.5 Å². The highest BCUT2D eigenvalue weighted by molar-refractivity contribution is 5.86. The summed E-state index contributed by atoms with van der Waals surface area (Å²) in [5, 5.41) is 21.7. The van der Waals surface area contributed by atoms with Crippen molar-refractivity contribution in [2.75, 3.05) is 6.61 Å². The molecule has 1 aromatic heterocycles. The Hall–Kier alpha value is -3.41. The third-order valence-corrected chi connectivity index (χ3v) is 3.66. The summed E-state index contributed by atoms with van der Waals surface area (Å²) in [5.74, 6) is 0.672. The third kappa shape index (κ3) is 3.58. The van der Waals surface area contributed by atoms with Gasteiger partial charge in [-0.25, -0.2) is 4.98 Å². The van der Waals surface area contributed by atoms with Gasteiger partial charge in [-0.05, 0) is 37.3 Å². The first kappa shape index (κ1) is 16.4. The molecule has 0 bridgehead atoms. The highest BCUT2D eigenvalue weighted by Gasteiger charge is 2.10. The Bertz CT molecular complexity index is 967. The molecule has 0 aliphatic rings. The van der Waals surface area contributed by atoms with Crippen LogP contribution in [0.4, 0.5) is 5.69 Å². The van der Waals surface area contributed by atoms with E-state index in [1.165, 1.54) is 12.1 Å². The van der Waals surface area contributed by atoms with Crippen molar-refractivity contribution in [1.29, 1.82) is 0 Å². The molecule has 0 fully saturated rings. The van der Waals surface area contributed by atoms with Gasteiger partial charge >= 0.3 is 0 Å². The molecule has 0 amide bonds. The maximum Gasteiger partial charge on any atom is 0.270 e. The fourth-order valence-corrected chi connectivity index (χ4v) is 2.48. The number of non-ortho nitro benzene ring substituents is 1. The number of ether oxygens (including phenoxy) is 1. The van der Waals surface area contributed by atoms with E-state index in [9.17, 15) is 15.2 Å². The number of hydrogen-bond donors (Lipinski definition) is 1. The minimum absolute atomic E-state index is 0.00721. The van der Waals surface area contributed by atoms with Crippen molar-refractivity contribution in [2.24, 2.45) is 0 Å². The monoisotopic (exact) mass is 336 g/mol. The van der Waals surface area contributed by atoms with Gasteiger partial charge in [0.15, 0.2) is 0 Å². The Balaban J connectivity index is 1.99. The first-order valence-corrected chi connectivity index (χ1v) is 7.76. The highest BCUT2D eigenvalue weighted by atomic mass is 16.6. The van der Waals surface area contributed by atoms with Crippen LogP contribution >= 0.6 is 0 Å². The molecule has 3 aromatic rings. The predicted molar refractivity (Wildman–Crippen MR) is 96.6 cm³/mol. The van der Waals surface area contributed by atoms with Gasteiger partial charge in [0, 0.05) is 23.1 Å². The molecule has 0 aliphatic heterocycles. The number of nitrogens with zero attached hydrogens (tertiary/aromatic N) is 2. The molecule has 0 aliphatic carbocycles. The van der Waals surface area contributed by atoms with E-state index >= 15 is 0 Å². The second-order valence-electron chi connectivity index (χ2n) is 5.33. The minimum Gasteiger partial charge on any atom is -0.506 e. The van der Waals surface area contributed by atoms with Crippen molar-refractivity contribution < 1.29 is 14.8 Å². The lowest BCUT2D eigenvalue weighted by molar-refractivity contribution is -0.384. The molecule has 0 saturated carbocycles. The van der Waals surface area contributed by atoms with Gasteiger partial charge in [-0.15, -0.1) is 0 Å². The molecule has 0 atom stereocenters. The molecule has 1 heterocycles. The van der Waals surface area contributed by atoms with Crippen molar-refractivity contribution in [3.05, 3.63) is 69.9 Å². The fourth-order valence-electron chi connectivity index (χ4n) is 2.48. The Labute approximate surface area is 144 Å². The Morgan fingerprint density at radius 2 is 2.04 bits per heavy atom.